The second-order valence-electron chi connectivity index (χ2n) is 5.54. The topological polar surface area (TPSA) is 72.9 Å². The molecule has 1 aliphatic carbocycles. The molecule has 0 aliphatic heterocycles. The van der Waals surface area contributed by atoms with Gasteiger partial charge in [-0.1, -0.05) is 6.07 Å². The fraction of sp³-hybridized carbons (Fsp3) is 0.375. The number of halogens is 1. The molecule has 3 N–H and O–H groups in total. The molecule has 1 heterocycles. The smallest absolute Gasteiger partial charge is 0.272 e. The van der Waals surface area contributed by atoms with E-state index in [1.165, 1.54) is 6.07 Å². The molecule has 5 nitrogen and oxygen atoms in total. The van der Waals surface area contributed by atoms with Gasteiger partial charge in [-0.25, -0.2) is 9.07 Å². The van der Waals surface area contributed by atoms with Crippen molar-refractivity contribution in [2.75, 3.05) is 13.1 Å². The van der Waals surface area contributed by atoms with Crippen molar-refractivity contribution in [2.24, 2.45) is 5.73 Å². The van der Waals surface area contributed by atoms with Crippen molar-refractivity contribution >= 4 is 5.91 Å². The van der Waals surface area contributed by atoms with Gasteiger partial charge in [0.1, 0.15) is 11.5 Å². The van der Waals surface area contributed by atoms with Crippen LogP contribution in [0.25, 0.3) is 5.69 Å². The highest BCUT2D eigenvalue weighted by molar-refractivity contribution is 5.94. The molecule has 3 rings (SSSR count). The third kappa shape index (κ3) is 2.50. The average Bonchev–Trinajstić information content (AvgIpc) is 3.07. The van der Waals surface area contributed by atoms with Crippen molar-refractivity contribution in [2.45, 2.75) is 26.2 Å². The molecule has 0 unspecified atom stereocenters. The van der Waals surface area contributed by atoms with Crippen LogP contribution in [0.15, 0.2) is 18.2 Å². The molecule has 0 saturated heterocycles. The van der Waals surface area contributed by atoms with E-state index in [0.29, 0.717) is 24.5 Å². The molecule has 1 aromatic heterocycles. The predicted octanol–water partition coefficient (Wildman–Crippen LogP) is 1.50. The Morgan fingerprint density at radius 3 is 3.00 bits per heavy atom. The van der Waals surface area contributed by atoms with Crippen LogP contribution in [0.4, 0.5) is 4.39 Å². The first-order valence-electron chi connectivity index (χ1n) is 7.47. The molecule has 0 spiro atoms. The van der Waals surface area contributed by atoms with E-state index in [4.69, 9.17) is 5.73 Å². The van der Waals surface area contributed by atoms with Gasteiger partial charge in [0, 0.05) is 24.3 Å². The van der Waals surface area contributed by atoms with Gasteiger partial charge in [0.05, 0.1) is 0 Å². The third-order valence-electron chi connectivity index (χ3n) is 3.91. The highest BCUT2D eigenvalue weighted by Crippen LogP contribution is 2.28. The van der Waals surface area contributed by atoms with Gasteiger partial charge in [0.25, 0.3) is 5.91 Å². The highest BCUT2D eigenvalue weighted by Gasteiger charge is 2.27. The summed E-state index contributed by atoms with van der Waals surface area (Å²) in [4.78, 5) is 12.2. The van der Waals surface area contributed by atoms with Crippen LogP contribution < -0.4 is 11.1 Å². The second kappa shape index (κ2) is 5.88. The minimum Gasteiger partial charge on any atom is -0.349 e. The van der Waals surface area contributed by atoms with E-state index in [0.717, 1.165) is 36.1 Å². The number of carbonyl (C=O) groups excluding carboxylic acids is 1. The maximum atomic E-state index is 14.2. The lowest BCUT2D eigenvalue weighted by Crippen LogP contribution is -2.30. The van der Waals surface area contributed by atoms with Crippen LogP contribution >= 0.6 is 0 Å². The van der Waals surface area contributed by atoms with Gasteiger partial charge in [0.2, 0.25) is 0 Å². The summed E-state index contributed by atoms with van der Waals surface area (Å²) in [5.74, 6) is -0.569. The molecular weight excluding hydrogens is 283 g/mol. The van der Waals surface area contributed by atoms with E-state index in [9.17, 15) is 9.18 Å². The summed E-state index contributed by atoms with van der Waals surface area (Å²) in [7, 11) is 0. The number of hydrogen-bond acceptors (Lipinski definition) is 3. The standard InChI is InChI=1S/C16H19FN4O/c1-10-5-6-14(12(17)9-10)21-13-4-2-3-11(13)15(20-21)16(22)19-8-7-18/h5-6,9H,2-4,7-8,18H2,1H3,(H,19,22). The zero-order chi connectivity index (χ0) is 15.7. The van der Waals surface area contributed by atoms with Crippen molar-refractivity contribution in [1.82, 2.24) is 15.1 Å². The monoisotopic (exact) mass is 302 g/mol. The van der Waals surface area contributed by atoms with Crippen LogP contribution in [-0.2, 0) is 12.8 Å². The molecule has 2 aromatic rings. The summed E-state index contributed by atoms with van der Waals surface area (Å²) in [5.41, 5.74) is 8.90. The normalized spacial score (nSPS) is 13.2. The Morgan fingerprint density at radius 1 is 1.45 bits per heavy atom. The van der Waals surface area contributed by atoms with Crippen molar-refractivity contribution in [3.8, 4) is 5.69 Å². The molecule has 0 radical (unpaired) electrons. The molecule has 6 heteroatoms. The van der Waals surface area contributed by atoms with Gasteiger partial charge in [-0.15, -0.1) is 0 Å². The second-order valence-corrected chi connectivity index (χ2v) is 5.54. The van der Waals surface area contributed by atoms with Gasteiger partial charge in [-0.05, 0) is 43.9 Å². The van der Waals surface area contributed by atoms with Gasteiger partial charge < -0.3 is 11.1 Å². The van der Waals surface area contributed by atoms with Crippen LogP contribution in [0.5, 0.6) is 0 Å². The SMILES string of the molecule is Cc1ccc(-n2nc(C(=O)NCCN)c3c2CCC3)c(F)c1. The number of hydrogen-bond donors (Lipinski definition) is 2. The lowest BCUT2D eigenvalue weighted by atomic mass is 10.2. The van der Waals surface area contributed by atoms with E-state index in [1.807, 2.05) is 13.0 Å². The number of rotatable bonds is 4. The lowest BCUT2D eigenvalue weighted by molar-refractivity contribution is 0.0948. The number of fused-ring (bicyclic) bond motifs is 1. The minimum absolute atomic E-state index is 0.241. The zero-order valence-electron chi connectivity index (χ0n) is 12.5. The van der Waals surface area contributed by atoms with Crippen LogP contribution in [-0.4, -0.2) is 28.8 Å². The Labute approximate surface area is 128 Å². The van der Waals surface area contributed by atoms with Crippen LogP contribution in [0.2, 0.25) is 0 Å². The summed E-state index contributed by atoms with van der Waals surface area (Å²) in [5, 5.41) is 7.10. The largest absolute Gasteiger partial charge is 0.349 e. The van der Waals surface area contributed by atoms with E-state index in [2.05, 4.69) is 10.4 Å². The Morgan fingerprint density at radius 2 is 2.27 bits per heavy atom. The van der Waals surface area contributed by atoms with Crippen LogP contribution in [0.3, 0.4) is 0 Å². The minimum atomic E-state index is -0.328. The number of benzene rings is 1. The lowest BCUT2D eigenvalue weighted by Gasteiger charge is -2.07. The first-order chi connectivity index (χ1) is 10.6. The summed E-state index contributed by atoms with van der Waals surface area (Å²) < 4.78 is 15.8. The fourth-order valence-electron chi connectivity index (χ4n) is 2.87. The number of carbonyl (C=O) groups is 1. The first-order valence-corrected chi connectivity index (χ1v) is 7.47. The summed E-state index contributed by atoms with van der Waals surface area (Å²) in [6.07, 6.45) is 2.56. The number of aryl methyl sites for hydroxylation is 1. The Balaban J connectivity index is 2.04. The van der Waals surface area contributed by atoms with Gasteiger partial charge in [-0.2, -0.15) is 5.10 Å². The quantitative estimate of drug-likeness (QED) is 0.899. The predicted molar refractivity (Wildman–Crippen MR) is 81.7 cm³/mol. The number of amides is 1. The summed E-state index contributed by atoms with van der Waals surface area (Å²) in [6.45, 7) is 2.62. The van der Waals surface area contributed by atoms with Crippen LogP contribution in [0, 0.1) is 12.7 Å². The van der Waals surface area contributed by atoms with Crippen molar-refractivity contribution < 1.29 is 9.18 Å². The molecule has 1 amide bonds. The van der Waals surface area contributed by atoms with Gasteiger partial charge in [0.15, 0.2) is 5.69 Å². The van der Waals surface area contributed by atoms with Crippen LogP contribution in [0.1, 0.15) is 33.7 Å². The molecule has 0 saturated carbocycles. The molecule has 1 aromatic carbocycles. The maximum absolute atomic E-state index is 14.2. The Kier molecular flexibility index (Phi) is 3.94. The molecule has 0 atom stereocenters. The fourth-order valence-corrected chi connectivity index (χ4v) is 2.87. The molecule has 0 bridgehead atoms. The van der Waals surface area contributed by atoms with E-state index in [-0.39, 0.29) is 11.7 Å². The van der Waals surface area contributed by atoms with Crippen molar-refractivity contribution in [3.63, 3.8) is 0 Å². The Hall–Kier alpha value is -2.21. The Bertz CT molecular complexity index is 723. The maximum Gasteiger partial charge on any atom is 0.272 e. The van der Waals surface area contributed by atoms with Crippen molar-refractivity contribution in [3.05, 3.63) is 46.5 Å². The third-order valence-corrected chi connectivity index (χ3v) is 3.91. The van der Waals surface area contributed by atoms with E-state index < -0.39 is 0 Å². The van der Waals surface area contributed by atoms with Gasteiger partial charge in [-0.3, -0.25) is 4.79 Å². The molecule has 116 valence electrons. The molecule has 1 aliphatic rings. The average molecular weight is 302 g/mol. The molecular formula is C16H19FN4O. The molecule has 0 fully saturated rings. The first kappa shape index (κ1) is 14.7. The number of aromatic nitrogens is 2. The summed E-state index contributed by atoms with van der Waals surface area (Å²) >= 11 is 0. The number of nitrogens with two attached hydrogens (primary N) is 1. The van der Waals surface area contributed by atoms with E-state index in [1.54, 1.807) is 10.7 Å². The molecule has 22 heavy (non-hydrogen) atoms. The highest BCUT2D eigenvalue weighted by atomic mass is 19.1. The van der Waals surface area contributed by atoms with E-state index >= 15 is 0 Å². The van der Waals surface area contributed by atoms with Gasteiger partial charge >= 0.3 is 0 Å². The summed E-state index contributed by atoms with van der Waals surface area (Å²) in [6, 6.07) is 5.03. The number of nitrogens with one attached hydrogen (secondary N) is 1. The zero-order valence-corrected chi connectivity index (χ0v) is 12.5. The van der Waals surface area contributed by atoms with Crippen molar-refractivity contribution in [1.29, 1.82) is 0 Å². The number of nitrogens with zero attached hydrogens (tertiary/aromatic N) is 2.